The number of carbonyl (C=O) groups excluding carboxylic acids is 2. The van der Waals surface area contributed by atoms with Crippen molar-refractivity contribution in [2.24, 2.45) is 0 Å². The normalized spacial score (nSPS) is 10.6. The molecule has 2 aromatic heterocycles. The smallest absolute Gasteiger partial charge is 0.306 e. The summed E-state index contributed by atoms with van der Waals surface area (Å²) in [5, 5.41) is 5.48. The van der Waals surface area contributed by atoms with Crippen LogP contribution in [0.15, 0.2) is 22.7 Å². The van der Waals surface area contributed by atoms with E-state index in [2.05, 4.69) is 15.3 Å². The molecule has 0 radical (unpaired) electrons. The van der Waals surface area contributed by atoms with Gasteiger partial charge in [0.05, 0.1) is 0 Å². The quantitative estimate of drug-likeness (QED) is 0.401. The van der Waals surface area contributed by atoms with E-state index in [0.29, 0.717) is 13.0 Å². The van der Waals surface area contributed by atoms with E-state index in [9.17, 15) is 9.59 Å². The lowest BCUT2D eigenvalue weighted by Gasteiger charge is -2.10. The first-order valence-corrected chi connectivity index (χ1v) is 10.4. The van der Waals surface area contributed by atoms with Gasteiger partial charge >= 0.3 is 5.97 Å². The summed E-state index contributed by atoms with van der Waals surface area (Å²) in [7, 11) is 0. The number of aromatic nitrogens is 2. The van der Waals surface area contributed by atoms with Crippen LogP contribution in [0.4, 0.5) is 0 Å². The number of thiophene rings is 1. The monoisotopic (exact) mass is 393 g/mol. The van der Waals surface area contributed by atoms with Gasteiger partial charge in [-0.15, -0.1) is 11.3 Å². The highest BCUT2D eigenvalue weighted by Crippen LogP contribution is 2.17. The van der Waals surface area contributed by atoms with Gasteiger partial charge in [0.2, 0.25) is 0 Å². The van der Waals surface area contributed by atoms with Gasteiger partial charge in [0, 0.05) is 29.2 Å². The van der Waals surface area contributed by atoms with Crippen LogP contribution in [0.5, 0.6) is 0 Å². The summed E-state index contributed by atoms with van der Waals surface area (Å²) in [6.45, 7) is 4.11. The molecule has 2 aromatic rings. The minimum absolute atomic E-state index is 0.201. The number of esters is 1. The fraction of sp³-hybridized carbons (Fsp3) is 0.444. The van der Waals surface area contributed by atoms with Crippen molar-refractivity contribution in [3.05, 3.63) is 39.3 Å². The summed E-state index contributed by atoms with van der Waals surface area (Å²) in [5.41, 5.74) is 2.71. The highest BCUT2D eigenvalue weighted by atomic mass is 32.2. The average Bonchev–Trinajstić information content (AvgIpc) is 3.12. The Morgan fingerprint density at radius 1 is 1.23 bits per heavy atom. The molecule has 0 aliphatic rings. The number of nitrogens with zero attached hydrogens (tertiary/aromatic N) is 2. The van der Waals surface area contributed by atoms with Gasteiger partial charge in [0.25, 0.3) is 5.91 Å². The van der Waals surface area contributed by atoms with E-state index in [1.807, 2.05) is 37.6 Å². The molecule has 2 rings (SSSR count). The second kappa shape index (κ2) is 10.3. The Labute approximate surface area is 161 Å². The van der Waals surface area contributed by atoms with E-state index in [0.717, 1.165) is 28.5 Å². The van der Waals surface area contributed by atoms with Crippen molar-refractivity contribution >= 4 is 35.0 Å². The van der Waals surface area contributed by atoms with Crippen LogP contribution in [0.25, 0.3) is 0 Å². The minimum atomic E-state index is -0.397. The molecule has 2 heterocycles. The molecule has 1 amide bonds. The van der Waals surface area contributed by atoms with Gasteiger partial charge in [-0.25, -0.2) is 9.97 Å². The van der Waals surface area contributed by atoms with E-state index in [1.54, 1.807) is 11.3 Å². The van der Waals surface area contributed by atoms with Gasteiger partial charge in [0.15, 0.2) is 11.8 Å². The van der Waals surface area contributed by atoms with E-state index in [1.165, 1.54) is 16.6 Å². The van der Waals surface area contributed by atoms with Gasteiger partial charge in [-0.3, -0.25) is 9.59 Å². The highest BCUT2D eigenvalue weighted by Gasteiger charge is 2.12. The second-order valence-corrected chi connectivity index (χ2v) is 7.51. The Kier molecular flexibility index (Phi) is 8.06. The molecule has 0 atom stereocenters. The van der Waals surface area contributed by atoms with Crippen LogP contribution < -0.4 is 5.32 Å². The molecule has 0 aliphatic carbocycles. The molecule has 0 saturated heterocycles. The third kappa shape index (κ3) is 6.42. The van der Waals surface area contributed by atoms with E-state index >= 15 is 0 Å². The zero-order valence-corrected chi connectivity index (χ0v) is 16.8. The molecule has 0 saturated carbocycles. The lowest BCUT2D eigenvalue weighted by molar-refractivity contribution is -0.148. The standard InChI is InChI=1S/C18H23N3O3S2/c1-12-15(13(2)21-18(20-12)25-3)6-7-17(23)24-11-16(22)19-9-8-14-5-4-10-26-14/h4-5,10H,6-9,11H2,1-3H3,(H,19,22). The Balaban J connectivity index is 1.69. The first-order valence-electron chi connectivity index (χ1n) is 8.32. The van der Waals surface area contributed by atoms with Gasteiger partial charge < -0.3 is 10.1 Å². The maximum Gasteiger partial charge on any atom is 0.306 e. The third-order valence-corrected chi connectivity index (χ3v) is 5.28. The zero-order valence-electron chi connectivity index (χ0n) is 15.2. The van der Waals surface area contributed by atoms with Crippen molar-refractivity contribution in [3.8, 4) is 0 Å². The first-order chi connectivity index (χ1) is 12.5. The van der Waals surface area contributed by atoms with Gasteiger partial charge in [-0.05, 0) is 50.0 Å². The number of hydrogen-bond donors (Lipinski definition) is 1. The molecule has 26 heavy (non-hydrogen) atoms. The Bertz CT molecular complexity index is 725. The first kappa shape index (κ1) is 20.4. The number of hydrogen-bond acceptors (Lipinski definition) is 7. The number of ether oxygens (including phenoxy) is 1. The van der Waals surface area contributed by atoms with Crippen molar-refractivity contribution in [3.63, 3.8) is 0 Å². The van der Waals surface area contributed by atoms with Gasteiger partial charge in [-0.2, -0.15) is 0 Å². The van der Waals surface area contributed by atoms with Crippen LogP contribution in [-0.2, 0) is 27.2 Å². The minimum Gasteiger partial charge on any atom is -0.456 e. The van der Waals surface area contributed by atoms with E-state index < -0.39 is 5.97 Å². The van der Waals surface area contributed by atoms with E-state index in [-0.39, 0.29) is 18.9 Å². The molecule has 0 fully saturated rings. The molecule has 8 heteroatoms. The van der Waals surface area contributed by atoms with Crippen LogP contribution in [0.2, 0.25) is 0 Å². The van der Waals surface area contributed by atoms with E-state index in [4.69, 9.17) is 4.74 Å². The summed E-state index contributed by atoms with van der Waals surface area (Å²) in [4.78, 5) is 33.6. The molecule has 0 spiro atoms. The number of rotatable bonds is 9. The molecule has 0 aromatic carbocycles. The zero-order chi connectivity index (χ0) is 18.9. The third-order valence-electron chi connectivity index (χ3n) is 3.80. The molecule has 140 valence electrons. The van der Waals surface area contributed by atoms with Gasteiger partial charge in [-0.1, -0.05) is 17.8 Å². The number of carbonyl (C=O) groups is 2. The van der Waals surface area contributed by atoms with Crippen LogP contribution in [0.1, 0.15) is 28.2 Å². The number of amides is 1. The van der Waals surface area contributed by atoms with Crippen LogP contribution >= 0.6 is 23.1 Å². The highest BCUT2D eigenvalue weighted by molar-refractivity contribution is 7.98. The Hall–Kier alpha value is -1.93. The Morgan fingerprint density at radius 3 is 2.58 bits per heavy atom. The summed E-state index contributed by atoms with van der Waals surface area (Å²) in [6.07, 6.45) is 3.41. The maximum absolute atomic E-state index is 11.9. The SMILES string of the molecule is CSc1nc(C)c(CCC(=O)OCC(=O)NCCc2cccs2)c(C)n1. The van der Waals surface area contributed by atoms with Crippen molar-refractivity contribution in [2.45, 2.75) is 38.3 Å². The molecule has 0 bridgehead atoms. The fourth-order valence-corrected chi connectivity index (χ4v) is 3.60. The van der Waals surface area contributed by atoms with Crippen LogP contribution in [0, 0.1) is 13.8 Å². The molecule has 1 N–H and O–H groups in total. The van der Waals surface area contributed by atoms with Gasteiger partial charge in [0.1, 0.15) is 0 Å². The predicted molar refractivity (Wildman–Crippen MR) is 104 cm³/mol. The van der Waals surface area contributed by atoms with Crippen molar-refractivity contribution in [1.82, 2.24) is 15.3 Å². The molecular weight excluding hydrogens is 370 g/mol. The molecule has 0 aliphatic heterocycles. The number of aryl methyl sites for hydroxylation is 2. The molecular formula is C18H23N3O3S2. The molecule has 6 nitrogen and oxygen atoms in total. The van der Waals surface area contributed by atoms with Crippen molar-refractivity contribution in [2.75, 3.05) is 19.4 Å². The van der Waals surface area contributed by atoms with Crippen LogP contribution in [-0.4, -0.2) is 41.3 Å². The lowest BCUT2D eigenvalue weighted by Crippen LogP contribution is -2.30. The summed E-state index contributed by atoms with van der Waals surface area (Å²) < 4.78 is 5.04. The predicted octanol–water partition coefficient (Wildman–Crippen LogP) is 2.71. The lowest BCUT2D eigenvalue weighted by atomic mass is 10.1. The number of nitrogens with one attached hydrogen (secondary N) is 1. The average molecular weight is 394 g/mol. The van der Waals surface area contributed by atoms with Crippen LogP contribution in [0.3, 0.4) is 0 Å². The number of thioether (sulfide) groups is 1. The summed E-state index contributed by atoms with van der Waals surface area (Å²) >= 11 is 3.14. The largest absolute Gasteiger partial charge is 0.456 e. The summed E-state index contributed by atoms with van der Waals surface area (Å²) in [5.74, 6) is -0.680. The Morgan fingerprint density at radius 2 is 1.96 bits per heavy atom. The topological polar surface area (TPSA) is 81.2 Å². The summed E-state index contributed by atoms with van der Waals surface area (Å²) in [6, 6.07) is 4.00. The second-order valence-electron chi connectivity index (χ2n) is 5.70. The fourth-order valence-electron chi connectivity index (χ4n) is 2.44. The molecule has 0 unspecified atom stereocenters. The van der Waals surface area contributed by atoms with Crippen molar-refractivity contribution < 1.29 is 14.3 Å². The maximum atomic E-state index is 11.9. The van der Waals surface area contributed by atoms with Crippen molar-refractivity contribution in [1.29, 1.82) is 0 Å².